The summed E-state index contributed by atoms with van der Waals surface area (Å²) in [5.41, 5.74) is 7.16. The molecule has 116 valence electrons. The quantitative estimate of drug-likeness (QED) is 0.609. The highest BCUT2D eigenvalue weighted by Gasteiger charge is 2.21. The molecule has 0 aliphatic carbocycles. The summed E-state index contributed by atoms with van der Waals surface area (Å²) in [5, 5.41) is 2.96. The molecule has 2 rings (SSSR count). The Balaban J connectivity index is 1.75. The van der Waals surface area contributed by atoms with Gasteiger partial charge in [0.2, 0.25) is 5.91 Å². The number of carbonyl (C=O) groups excluding carboxylic acids is 1. The fourth-order valence-electron chi connectivity index (χ4n) is 2.15. The van der Waals surface area contributed by atoms with Crippen LogP contribution >= 0.6 is 11.8 Å². The van der Waals surface area contributed by atoms with E-state index in [1.807, 2.05) is 55.5 Å². The van der Waals surface area contributed by atoms with Crippen molar-refractivity contribution in [3.63, 3.8) is 0 Å². The molecule has 2 atom stereocenters. The summed E-state index contributed by atoms with van der Waals surface area (Å²) in [6.07, 6.45) is 0. The molecule has 3 nitrogen and oxygen atoms in total. The second-order valence-electron chi connectivity index (χ2n) is 5.18. The lowest BCUT2D eigenvalue weighted by molar-refractivity contribution is -0.125. The van der Waals surface area contributed by atoms with Gasteiger partial charge < -0.3 is 11.1 Å². The third-order valence-corrected chi connectivity index (χ3v) is 4.56. The molecular weight excluding hydrogens is 292 g/mol. The monoisotopic (exact) mass is 314 g/mol. The average Bonchev–Trinajstić information content (AvgIpc) is 2.59. The number of benzene rings is 2. The maximum Gasteiger partial charge on any atom is 0.224 e. The van der Waals surface area contributed by atoms with Crippen molar-refractivity contribution in [3.8, 4) is 0 Å². The van der Waals surface area contributed by atoms with Gasteiger partial charge in [0.05, 0.1) is 5.92 Å². The summed E-state index contributed by atoms with van der Waals surface area (Å²) in [7, 11) is 0. The molecule has 0 aromatic heterocycles. The van der Waals surface area contributed by atoms with E-state index in [0.29, 0.717) is 6.54 Å². The van der Waals surface area contributed by atoms with Crippen molar-refractivity contribution in [2.75, 3.05) is 12.3 Å². The van der Waals surface area contributed by atoms with E-state index in [4.69, 9.17) is 5.73 Å². The SMILES string of the molecule is CC(C(=O)NCCSc1ccccc1)C(N)c1ccccc1. The Morgan fingerprint density at radius 3 is 2.32 bits per heavy atom. The predicted octanol–water partition coefficient (Wildman–Crippen LogP) is 3.23. The van der Waals surface area contributed by atoms with Gasteiger partial charge in [-0.15, -0.1) is 11.8 Å². The highest BCUT2D eigenvalue weighted by Crippen LogP contribution is 2.19. The topological polar surface area (TPSA) is 55.1 Å². The third-order valence-electron chi connectivity index (χ3n) is 3.55. The summed E-state index contributed by atoms with van der Waals surface area (Å²) >= 11 is 1.73. The number of amides is 1. The minimum absolute atomic E-state index is 0.00464. The largest absolute Gasteiger partial charge is 0.355 e. The second-order valence-corrected chi connectivity index (χ2v) is 6.35. The van der Waals surface area contributed by atoms with E-state index in [9.17, 15) is 4.79 Å². The van der Waals surface area contributed by atoms with Gasteiger partial charge in [-0.2, -0.15) is 0 Å². The third kappa shape index (κ3) is 4.90. The normalized spacial score (nSPS) is 13.4. The van der Waals surface area contributed by atoms with E-state index in [0.717, 1.165) is 11.3 Å². The zero-order chi connectivity index (χ0) is 15.8. The van der Waals surface area contributed by atoms with Crippen LogP contribution in [0.1, 0.15) is 18.5 Å². The summed E-state index contributed by atoms with van der Waals surface area (Å²) in [6, 6.07) is 19.6. The minimum atomic E-state index is -0.275. The van der Waals surface area contributed by atoms with Crippen LogP contribution in [0.25, 0.3) is 0 Å². The zero-order valence-corrected chi connectivity index (χ0v) is 13.6. The van der Waals surface area contributed by atoms with Crippen molar-refractivity contribution >= 4 is 17.7 Å². The number of carbonyl (C=O) groups is 1. The van der Waals surface area contributed by atoms with Crippen LogP contribution in [0, 0.1) is 5.92 Å². The standard InChI is InChI=1S/C18H22N2OS/c1-14(17(19)15-8-4-2-5-9-15)18(21)20-12-13-22-16-10-6-3-7-11-16/h2-11,14,17H,12-13,19H2,1H3,(H,20,21). The number of hydrogen-bond donors (Lipinski definition) is 2. The summed E-state index contributed by atoms with van der Waals surface area (Å²) < 4.78 is 0. The van der Waals surface area contributed by atoms with E-state index in [1.54, 1.807) is 11.8 Å². The fraction of sp³-hybridized carbons (Fsp3) is 0.278. The van der Waals surface area contributed by atoms with Crippen LogP contribution in [0.15, 0.2) is 65.6 Å². The molecule has 0 aliphatic heterocycles. The highest BCUT2D eigenvalue weighted by atomic mass is 32.2. The van der Waals surface area contributed by atoms with Crippen molar-refractivity contribution in [1.82, 2.24) is 5.32 Å². The van der Waals surface area contributed by atoms with Crippen LogP contribution in [0.2, 0.25) is 0 Å². The molecular formula is C18H22N2OS. The summed E-state index contributed by atoms with van der Waals surface area (Å²) in [5.74, 6) is 0.609. The minimum Gasteiger partial charge on any atom is -0.355 e. The Hall–Kier alpha value is -1.78. The molecule has 4 heteroatoms. The van der Waals surface area contributed by atoms with Crippen molar-refractivity contribution in [2.45, 2.75) is 17.9 Å². The number of hydrogen-bond acceptors (Lipinski definition) is 3. The lowest BCUT2D eigenvalue weighted by atomic mass is 9.95. The smallest absolute Gasteiger partial charge is 0.224 e. The number of nitrogens with two attached hydrogens (primary N) is 1. The molecule has 0 bridgehead atoms. The predicted molar refractivity (Wildman–Crippen MR) is 92.7 cm³/mol. The second kappa shape index (κ2) is 8.61. The van der Waals surface area contributed by atoms with Gasteiger partial charge in [-0.05, 0) is 17.7 Å². The maximum atomic E-state index is 12.2. The van der Waals surface area contributed by atoms with Crippen LogP contribution < -0.4 is 11.1 Å². The molecule has 0 radical (unpaired) electrons. The molecule has 0 spiro atoms. The molecule has 1 amide bonds. The Morgan fingerprint density at radius 2 is 1.68 bits per heavy atom. The fourth-order valence-corrected chi connectivity index (χ4v) is 2.94. The Bertz CT molecular complexity index is 574. The van der Waals surface area contributed by atoms with E-state index >= 15 is 0 Å². The highest BCUT2D eigenvalue weighted by molar-refractivity contribution is 7.99. The lowest BCUT2D eigenvalue weighted by Crippen LogP contribution is -2.36. The molecule has 2 aromatic carbocycles. The molecule has 0 fully saturated rings. The summed E-state index contributed by atoms with van der Waals surface area (Å²) in [6.45, 7) is 2.52. The molecule has 3 N–H and O–H groups in total. The first-order valence-corrected chi connectivity index (χ1v) is 8.43. The Labute approximate surface area is 136 Å². The van der Waals surface area contributed by atoms with E-state index in [-0.39, 0.29) is 17.9 Å². The first-order valence-electron chi connectivity index (χ1n) is 7.44. The number of rotatable bonds is 7. The van der Waals surface area contributed by atoms with Crippen LogP contribution in [0.3, 0.4) is 0 Å². The maximum absolute atomic E-state index is 12.2. The van der Waals surface area contributed by atoms with Gasteiger partial charge in [-0.1, -0.05) is 55.5 Å². The number of thioether (sulfide) groups is 1. The van der Waals surface area contributed by atoms with Crippen molar-refractivity contribution < 1.29 is 4.79 Å². The molecule has 2 unspecified atom stereocenters. The van der Waals surface area contributed by atoms with E-state index < -0.39 is 0 Å². The van der Waals surface area contributed by atoms with Gasteiger partial charge in [0.15, 0.2) is 0 Å². The number of nitrogens with one attached hydrogen (secondary N) is 1. The van der Waals surface area contributed by atoms with Gasteiger partial charge >= 0.3 is 0 Å². The first-order chi connectivity index (χ1) is 10.7. The molecule has 0 saturated heterocycles. The van der Waals surface area contributed by atoms with Crippen molar-refractivity contribution in [1.29, 1.82) is 0 Å². The van der Waals surface area contributed by atoms with Crippen LogP contribution in [0.4, 0.5) is 0 Å². The van der Waals surface area contributed by atoms with Crippen molar-refractivity contribution in [3.05, 3.63) is 66.2 Å². The average molecular weight is 314 g/mol. The molecule has 0 saturated carbocycles. The van der Waals surface area contributed by atoms with Crippen LogP contribution in [-0.4, -0.2) is 18.2 Å². The van der Waals surface area contributed by atoms with Gasteiger partial charge in [-0.25, -0.2) is 0 Å². The first kappa shape index (κ1) is 16.6. The Morgan fingerprint density at radius 1 is 1.09 bits per heavy atom. The van der Waals surface area contributed by atoms with Crippen molar-refractivity contribution in [2.24, 2.45) is 11.7 Å². The zero-order valence-electron chi connectivity index (χ0n) is 12.7. The molecule has 22 heavy (non-hydrogen) atoms. The summed E-state index contributed by atoms with van der Waals surface area (Å²) in [4.78, 5) is 13.4. The van der Waals surface area contributed by atoms with E-state index in [2.05, 4.69) is 17.4 Å². The van der Waals surface area contributed by atoms with Crippen LogP contribution in [0.5, 0.6) is 0 Å². The lowest BCUT2D eigenvalue weighted by Gasteiger charge is -2.19. The van der Waals surface area contributed by atoms with Gasteiger partial charge in [-0.3, -0.25) is 4.79 Å². The van der Waals surface area contributed by atoms with Gasteiger partial charge in [0, 0.05) is 23.2 Å². The van der Waals surface area contributed by atoms with E-state index in [1.165, 1.54) is 4.90 Å². The molecule has 0 heterocycles. The molecule has 0 aliphatic rings. The molecule has 2 aromatic rings. The van der Waals surface area contributed by atoms with Crippen LogP contribution in [-0.2, 0) is 4.79 Å². The van der Waals surface area contributed by atoms with Gasteiger partial charge in [0.1, 0.15) is 0 Å². The Kier molecular flexibility index (Phi) is 6.49. The van der Waals surface area contributed by atoms with Gasteiger partial charge in [0.25, 0.3) is 0 Å².